The molecule has 6 nitrogen and oxygen atoms in total. The van der Waals surface area contributed by atoms with Crippen LogP contribution in [0.4, 0.5) is 10.5 Å². The zero-order valence-electron chi connectivity index (χ0n) is 15.1. The molecule has 1 aromatic heterocycles. The van der Waals surface area contributed by atoms with Gasteiger partial charge < -0.3 is 14.6 Å². The molecule has 2 amide bonds. The Morgan fingerprint density at radius 3 is 2.63 bits per heavy atom. The fourth-order valence-corrected chi connectivity index (χ4v) is 3.31. The molecule has 0 atom stereocenters. The van der Waals surface area contributed by atoms with E-state index >= 15 is 0 Å². The van der Waals surface area contributed by atoms with Crippen molar-refractivity contribution in [1.29, 1.82) is 0 Å². The van der Waals surface area contributed by atoms with E-state index < -0.39 is 0 Å². The van der Waals surface area contributed by atoms with Crippen molar-refractivity contribution in [2.24, 2.45) is 0 Å². The second kappa shape index (κ2) is 7.58. The molecule has 140 valence electrons. The third kappa shape index (κ3) is 4.23. The van der Waals surface area contributed by atoms with Crippen molar-refractivity contribution < 1.29 is 9.21 Å². The van der Waals surface area contributed by atoms with E-state index in [0.717, 1.165) is 35.8 Å². The molecule has 0 bridgehead atoms. The van der Waals surface area contributed by atoms with Crippen LogP contribution in [0.25, 0.3) is 11.1 Å². The van der Waals surface area contributed by atoms with Gasteiger partial charge in [0.2, 0.25) is 5.89 Å². The van der Waals surface area contributed by atoms with Crippen LogP contribution < -0.4 is 5.32 Å². The number of aromatic nitrogens is 1. The Kier molecular flexibility index (Phi) is 5.01. The maximum Gasteiger partial charge on any atom is 0.321 e. The van der Waals surface area contributed by atoms with Gasteiger partial charge in [-0.15, -0.1) is 0 Å². The minimum absolute atomic E-state index is 0.0886. The highest BCUT2D eigenvalue weighted by Gasteiger charge is 2.22. The van der Waals surface area contributed by atoms with Crippen LogP contribution in [0.5, 0.6) is 0 Å². The number of aryl methyl sites for hydroxylation is 1. The lowest BCUT2D eigenvalue weighted by atomic mass is 10.2. The number of hydrogen-bond donors (Lipinski definition) is 1. The van der Waals surface area contributed by atoms with Gasteiger partial charge in [-0.25, -0.2) is 9.78 Å². The van der Waals surface area contributed by atoms with Crippen LogP contribution in [0.1, 0.15) is 11.5 Å². The van der Waals surface area contributed by atoms with Gasteiger partial charge in [0, 0.05) is 36.9 Å². The lowest BCUT2D eigenvalue weighted by Gasteiger charge is -2.34. The molecule has 0 spiro atoms. The standard InChI is InChI=1S/C20H21ClN4O2/c1-14-2-7-18-17(12-14)23-19(27-18)13-24-8-10-25(11-9-24)20(26)22-16-5-3-15(21)4-6-16/h2-7,12H,8-11,13H2,1H3,(H,22,26). The van der Waals surface area contributed by atoms with Gasteiger partial charge in [-0.05, 0) is 48.9 Å². The predicted octanol–water partition coefficient (Wildman–Crippen LogP) is 4.14. The monoisotopic (exact) mass is 384 g/mol. The van der Waals surface area contributed by atoms with E-state index in [1.807, 2.05) is 30.0 Å². The zero-order valence-corrected chi connectivity index (χ0v) is 15.9. The summed E-state index contributed by atoms with van der Waals surface area (Å²) in [6, 6.07) is 13.0. The van der Waals surface area contributed by atoms with Crippen LogP contribution in [0.15, 0.2) is 46.9 Å². The topological polar surface area (TPSA) is 61.6 Å². The number of rotatable bonds is 3. The minimum Gasteiger partial charge on any atom is -0.439 e. The molecule has 1 fully saturated rings. The number of amides is 2. The molecular formula is C20H21ClN4O2. The molecule has 2 heterocycles. The molecule has 7 heteroatoms. The van der Waals surface area contributed by atoms with Crippen LogP contribution in [0, 0.1) is 6.92 Å². The smallest absolute Gasteiger partial charge is 0.321 e. The average molecular weight is 385 g/mol. The fourth-order valence-electron chi connectivity index (χ4n) is 3.19. The second-order valence-electron chi connectivity index (χ2n) is 6.78. The summed E-state index contributed by atoms with van der Waals surface area (Å²) in [6.45, 7) is 5.59. The highest BCUT2D eigenvalue weighted by atomic mass is 35.5. The molecule has 1 aliphatic heterocycles. The molecule has 27 heavy (non-hydrogen) atoms. The van der Waals surface area contributed by atoms with Crippen molar-refractivity contribution in [1.82, 2.24) is 14.8 Å². The number of carbonyl (C=O) groups excluding carboxylic acids is 1. The van der Waals surface area contributed by atoms with E-state index in [1.54, 1.807) is 24.3 Å². The molecule has 0 unspecified atom stereocenters. The molecule has 1 saturated heterocycles. The van der Waals surface area contributed by atoms with Gasteiger partial charge in [0.15, 0.2) is 5.58 Å². The van der Waals surface area contributed by atoms with Crippen molar-refractivity contribution in [3.8, 4) is 0 Å². The Bertz CT molecular complexity index is 946. The summed E-state index contributed by atoms with van der Waals surface area (Å²) in [7, 11) is 0. The van der Waals surface area contributed by atoms with Gasteiger partial charge in [0.05, 0.1) is 6.54 Å². The highest BCUT2D eigenvalue weighted by Crippen LogP contribution is 2.19. The fraction of sp³-hybridized carbons (Fsp3) is 0.300. The second-order valence-corrected chi connectivity index (χ2v) is 7.22. The van der Waals surface area contributed by atoms with Crippen LogP contribution in [0.2, 0.25) is 5.02 Å². The van der Waals surface area contributed by atoms with Gasteiger partial charge in [0.25, 0.3) is 0 Å². The molecule has 2 aromatic carbocycles. The number of urea groups is 1. The summed E-state index contributed by atoms with van der Waals surface area (Å²) >= 11 is 5.87. The van der Waals surface area contributed by atoms with Crippen molar-refractivity contribution >= 4 is 34.4 Å². The van der Waals surface area contributed by atoms with Gasteiger partial charge in [-0.3, -0.25) is 4.90 Å². The first kappa shape index (κ1) is 17.8. The Morgan fingerprint density at radius 2 is 1.89 bits per heavy atom. The van der Waals surface area contributed by atoms with Gasteiger partial charge >= 0.3 is 6.03 Å². The number of anilines is 1. The molecule has 0 saturated carbocycles. The highest BCUT2D eigenvalue weighted by molar-refractivity contribution is 6.30. The lowest BCUT2D eigenvalue weighted by Crippen LogP contribution is -2.49. The number of carbonyl (C=O) groups is 1. The van der Waals surface area contributed by atoms with Crippen LogP contribution in [-0.2, 0) is 6.54 Å². The molecule has 4 rings (SSSR count). The van der Waals surface area contributed by atoms with Crippen molar-refractivity contribution in [3.05, 3.63) is 58.9 Å². The summed E-state index contributed by atoms with van der Waals surface area (Å²) < 4.78 is 5.83. The number of oxazole rings is 1. The first-order valence-corrected chi connectivity index (χ1v) is 9.34. The first-order valence-electron chi connectivity index (χ1n) is 8.97. The summed E-state index contributed by atoms with van der Waals surface area (Å²) in [5, 5.41) is 3.55. The molecule has 0 aliphatic carbocycles. The number of fused-ring (bicyclic) bond motifs is 1. The Hall–Kier alpha value is -2.57. The van der Waals surface area contributed by atoms with E-state index in [1.165, 1.54) is 5.56 Å². The average Bonchev–Trinajstić information content (AvgIpc) is 3.05. The van der Waals surface area contributed by atoms with Crippen molar-refractivity contribution in [2.45, 2.75) is 13.5 Å². The number of piperazine rings is 1. The normalized spacial score (nSPS) is 15.3. The number of nitrogens with zero attached hydrogens (tertiary/aromatic N) is 3. The van der Waals surface area contributed by atoms with E-state index in [2.05, 4.69) is 15.2 Å². The summed E-state index contributed by atoms with van der Waals surface area (Å²) in [4.78, 5) is 21.0. The molecule has 1 aliphatic rings. The largest absolute Gasteiger partial charge is 0.439 e. The van der Waals surface area contributed by atoms with E-state index in [4.69, 9.17) is 16.0 Å². The number of hydrogen-bond acceptors (Lipinski definition) is 4. The Morgan fingerprint density at radius 1 is 1.15 bits per heavy atom. The minimum atomic E-state index is -0.0886. The summed E-state index contributed by atoms with van der Waals surface area (Å²) in [5.74, 6) is 0.717. The lowest BCUT2D eigenvalue weighted by molar-refractivity contribution is 0.136. The van der Waals surface area contributed by atoms with Gasteiger partial charge in [-0.1, -0.05) is 17.7 Å². The third-order valence-corrected chi connectivity index (χ3v) is 4.95. The summed E-state index contributed by atoms with van der Waals surface area (Å²) in [6.07, 6.45) is 0. The first-order chi connectivity index (χ1) is 13.1. The maximum absolute atomic E-state index is 12.4. The van der Waals surface area contributed by atoms with E-state index in [0.29, 0.717) is 24.7 Å². The number of benzene rings is 2. The van der Waals surface area contributed by atoms with Gasteiger partial charge in [0.1, 0.15) is 5.52 Å². The number of halogens is 1. The van der Waals surface area contributed by atoms with Crippen LogP contribution in [-0.4, -0.2) is 47.0 Å². The van der Waals surface area contributed by atoms with Crippen molar-refractivity contribution in [3.63, 3.8) is 0 Å². The van der Waals surface area contributed by atoms with Crippen molar-refractivity contribution in [2.75, 3.05) is 31.5 Å². The SMILES string of the molecule is Cc1ccc2oc(CN3CCN(C(=O)Nc4ccc(Cl)cc4)CC3)nc2c1. The summed E-state index contributed by atoms with van der Waals surface area (Å²) in [5.41, 5.74) is 3.62. The zero-order chi connectivity index (χ0) is 18.8. The van der Waals surface area contributed by atoms with Gasteiger partial charge in [-0.2, -0.15) is 0 Å². The third-order valence-electron chi connectivity index (χ3n) is 4.70. The van der Waals surface area contributed by atoms with E-state index in [-0.39, 0.29) is 6.03 Å². The quantitative estimate of drug-likeness (QED) is 0.737. The van der Waals surface area contributed by atoms with E-state index in [9.17, 15) is 4.79 Å². The Labute approximate surface area is 162 Å². The van der Waals surface area contributed by atoms with Crippen LogP contribution in [0.3, 0.4) is 0 Å². The number of nitrogens with one attached hydrogen (secondary N) is 1. The van der Waals surface area contributed by atoms with Crippen LogP contribution >= 0.6 is 11.6 Å². The molecule has 3 aromatic rings. The molecular weight excluding hydrogens is 364 g/mol. The molecule has 1 N–H and O–H groups in total. The predicted molar refractivity (Wildman–Crippen MR) is 106 cm³/mol. The Balaban J connectivity index is 1.31. The molecule has 0 radical (unpaired) electrons. The maximum atomic E-state index is 12.4.